The Morgan fingerprint density at radius 3 is 1.80 bits per heavy atom. The minimum absolute atomic E-state index is 0.425. The van der Waals surface area contributed by atoms with E-state index in [2.05, 4.69) is 6.07 Å². The summed E-state index contributed by atoms with van der Waals surface area (Å²) < 4.78 is 38.2. The SMILES string of the molecule is N#CC=CCC[C@H]1CC[C@H](CC[C@H]2CC[C@H](c3ccc(C(F)(F)F)cc3)CC2)CC1. The third kappa shape index (κ3) is 6.89. The molecule has 0 spiro atoms. The number of nitrogens with zero attached hydrogens (tertiary/aromatic N) is 1. The lowest BCUT2D eigenvalue weighted by Crippen LogP contribution is -2.18. The van der Waals surface area contributed by atoms with Gasteiger partial charge in [-0.15, -0.1) is 0 Å². The summed E-state index contributed by atoms with van der Waals surface area (Å²) in [5.41, 5.74) is 0.526. The van der Waals surface area contributed by atoms with Crippen molar-refractivity contribution in [3.8, 4) is 6.07 Å². The first-order chi connectivity index (χ1) is 14.5. The average molecular weight is 418 g/mol. The molecule has 0 atom stereocenters. The van der Waals surface area contributed by atoms with Crippen molar-refractivity contribution >= 4 is 0 Å². The van der Waals surface area contributed by atoms with E-state index >= 15 is 0 Å². The van der Waals surface area contributed by atoms with Gasteiger partial charge in [-0.2, -0.15) is 18.4 Å². The topological polar surface area (TPSA) is 23.8 Å². The van der Waals surface area contributed by atoms with Crippen LogP contribution in [0, 0.1) is 29.1 Å². The molecule has 30 heavy (non-hydrogen) atoms. The summed E-state index contributed by atoms with van der Waals surface area (Å²) in [6.45, 7) is 0. The fraction of sp³-hybridized carbons (Fsp3) is 0.654. The molecule has 2 aliphatic carbocycles. The van der Waals surface area contributed by atoms with Crippen LogP contribution in [0.15, 0.2) is 36.4 Å². The molecule has 2 fully saturated rings. The highest BCUT2D eigenvalue weighted by molar-refractivity contribution is 5.27. The Labute approximate surface area is 179 Å². The molecule has 4 heteroatoms. The van der Waals surface area contributed by atoms with E-state index in [0.29, 0.717) is 5.92 Å². The van der Waals surface area contributed by atoms with E-state index in [1.807, 2.05) is 6.08 Å². The predicted octanol–water partition coefficient (Wildman–Crippen LogP) is 8.43. The molecule has 0 heterocycles. The summed E-state index contributed by atoms with van der Waals surface area (Å²) in [5, 5.41) is 8.54. The van der Waals surface area contributed by atoms with Gasteiger partial charge < -0.3 is 0 Å². The van der Waals surface area contributed by atoms with Gasteiger partial charge in [0.15, 0.2) is 0 Å². The van der Waals surface area contributed by atoms with Crippen LogP contribution in [-0.4, -0.2) is 0 Å². The molecular formula is C26H34F3N. The van der Waals surface area contributed by atoms with Crippen molar-refractivity contribution in [3.05, 3.63) is 47.5 Å². The van der Waals surface area contributed by atoms with Crippen LogP contribution in [0.2, 0.25) is 0 Å². The van der Waals surface area contributed by atoms with E-state index in [9.17, 15) is 13.2 Å². The van der Waals surface area contributed by atoms with Crippen LogP contribution in [0.4, 0.5) is 13.2 Å². The van der Waals surface area contributed by atoms with Crippen molar-refractivity contribution in [1.82, 2.24) is 0 Å². The summed E-state index contributed by atoms with van der Waals surface area (Å²) >= 11 is 0. The largest absolute Gasteiger partial charge is 0.416 e. The zero-order valence-electron chi connectivity index (χ0n) is 17.8. The molecule has 3 rings (SSSR count). The molecule has 1 nitrogen and oxygen atoms in total. The number of alkyl halides is 3. The molecule has 0 aromatic heterocycles. The Kier molecular flexibility index (Phi) is 8.42. The maximum Gasteiger partial charge on any atom is 0.416 e. The summed E-state index contributed by atoms with van der Waals surface area (Å²) in [6.07, 6.45) is 14.3. The fourth-order valence-electron chi connectivity index (χ4n) is 5.48. The molecule has 0 N–H and O–H groups in total. The van der Waals surface area contributed by atoms with Gasteiger partial charge in [0, 0.05) is 6.08 Å². The van der Waals surface area contributed by atoms with Crippen LogP contribution < -0.4 is 0 Å². The highest BCUT2D eigenvalue weighted by Gasteiger charge is 2.31. The second-order valence-electron chi connectivity index (χ2n) is 9.41. The van der Waals surface area contributed by atoms with Crippen molar-refractivity contribution in [2.45, 2.75) is 89.1 Å². The van der Waals surface area contributed by atoms with Crippen LogP contribution >= 0.6 is 0 Å². The van der Waals surface area contributed by atoms with Gasteiger partial charge in [0.1, 0.15) is 0 Å². The number of benzene rings is 1. The Balaban J connectivity index is 1.33. The molecule has 0 aliphatic heterocycles. The number of rotatable bonds is 7. The van der Waals surface area contributed by atoms with Gasteiger partial charge in [-0.1, -0.05) is 56.7 Å². The standard InChI is InChI=1S/C26H34F3N/c27-26(28,29)25-17-15-24(16-18-25)23-13-11-22(12-14-23)10-9-21-7-5-20(6-8-21)4-2-1-3-19-30/h1,3,15-18,20-23H,2,4-14H2/t20-,21-,22-,23-. The van der Waals surface area contributed by atoms with Gasteiger partial charge in [-0.05, 0) is 79.9 Å². The summed E-state index contributed by atoms with van der Waals surface area (Å²) in [4.78, 5) is 0. The number of halogens is 3. The monoisotopic (exact) mass is 417 g/mol. The maximum absolute atomic E-state index is 12.7. The summed E-state index contributed by atoms with van der Waals surface area (Å²) in [6, 6.07) is 7.89. The maximum atomic E-state index is 12.7. The molecule has 0 amide bonds. The van der Waals surface area contributed by atoms with Crippen molar-refractivity contribution in [2.24, 2.45) is 17.8 Å². The first-order valence-electron chi connectivity index (χ1n) is 11.7. The smallest absolute Gasteiger partial charge is 0.193 e. The third-order valence-corrected chi connectivity index (χ3v) is 7.44. The Bertz CT molecular complexity index is 697. The minimum Gasteiger partial charge on any atom is -0.193 e. The van der Waals surface area contributed by atoms with Crippen LogP contribution in [0.5, 0.6) is 0 Å². The molecule has 0 bridgehead atoms. The van der Waals surface area contributed by atoms with Gasteiger partial charge in [-0.3, -0.25) is 0 Å². The number of nitriles is 1. The molecule has 1 aromatic rings. The van der Waals surface area contributed by atoms with Crippen molar-refractivity contribution in [1.29, 1.82) is 5.26 Å². The molecule has 164 valence electrons. The summed E-state index contributed by atoms with van der Waals surface area (Å²) in [5.74, 6) is 2.94. The van der Waals surface area contributed by atoms with Crippen molar-refractivity contribution in [3.63, 3.8) is 0 Å². The molecule has 0 saturated heterocycles. The molecular weight excluding hydrogens is 383 g/mol. The van der Waals surface area contributed by atoms with Crippen LogP contribution in [0.25, 0.3) is 0 Å². The van der Waals surface area contributed by atoms with E-state index in [1.165, 1.54) is 69.9 Å². The quantitative estimate of drug-likeness (QED) is 0.408. The van der Waals surface area contributed by atoms with Gasteiger partial charge >= 0.3 is 6.18 Å². The Morgan fingerprint density at radius 1 is 0.800 bits per heavy atom. The zero-order chi connectivity index (χ0) is 21.4. The number of hydrogen-bond acceptors (Lipinski definition) is 1. The van der Waals surface area contributed by atoms with Gasteiger partial charge in [0.2, 0.25) is 0 Å². The van der Waals surface area contributed by atoms with Gasteiger partial charge in [0.05, 0.1) is 11.6 Å². The minimum atomic E-state index is -4.25. The molecule has 1 aromatic carbocycles. The molecule has 2 aliphatic rings. The fourth-order valence-corrected chi connectivity index (χ4v) is 5.48. The molecule has 2 saturated carbocycles. The molecule has 0 unspecified atom stereocenters. The highest BCUT2D eigenvalue weighted by atomic mass is 19.4. The second-order valence-corrected chi connectivity index (χ2v) is 9.41. The zero-order valence-corrected chi connectivity index (χ0v) is 17.8. The number of allylic oxidation sites excluding steroid dienone is 2. The van der Waals surface area contributed by atoms with Crippen molar-refractivity contribution < 1.29 is 13.2 Å². The molecule has 0 radical (unpaired) electrons. The lowest BCUT2D eigenvalue weighted by molar-refractivity contribution is -0.137. The highest BCUT2D eigenvalue weighted by Crippen LogP contribution is 2.41. The number of hydrogen-bond donors (Lipinski definition) is 0. The van der Waals surface area contributed by atoms with E-state index in [0.717, 1.165) is 42.6 Å². The Morgan fingerprint density at radius 2 is 1.30 bits per heavy atom. The van der Waals surface area contributed by atoms with E-state index in [4.69, 9.17) is 5.26 Å². The first-order valence-corrected chi connectivity index (χ1v) is 11.7. The van der Waals surface area contributed by atoms with E-state index < -0.39 is 11.7 Å². The first kappa shape index (κ1) is 22.9. The lowest BCUT2D eigenvalue weighted by atomic mass is 9.74. The Hall–Kier alpha value is -1.76. The van der Waals surface area contributed by atoms with Crippen LogP contribution in [0.3, 0.4) is 0 Å². The van der Waals surface area contributed by atoms with Crippen molar-refractivity contribution in [2.75, 3.05) is 0 Å². The second kappa shape index (κ2) is 11.0. The predicted molar refractivity (Wildman–Crippen MR) is 115 cm³/mol. The van der Waals surface area contributed by atoms with Crippen LogP contribution in [0.1, 0.15) is 94.1 Å². The van der Waals surface area contributed by atoms with Gasteiger partial charge in [0.25, 0.3) is 0 Å². The van der Waals surface area contributed by atoms with Gasteiger partial charge in [-0.25, -0.2) is 0 Å². The third-order valence-electron chi connectivity index (χ3n) is 7.44. The summed E-state index contributed by atoms with van der Waals surface area (Å²) in [7, 11) is 0. The lowest BCUT2D eigenvalue weighted by Gasteiger charge is -2.32. The van der Waals surface area contributed by atoms with E-state index in [1.54, 1.807) is 18.2 Å². The van der Waals surface area contributed by atoms with E-state index in [-0.39, 0.29) is 0 Å². The normalized spacial score (nSPS) is 27.8. The average Bonchev–Trinajstić information content (AvgIpc) is 2.76. The van der Waals surface area contributed by atoms with Crippen LogP contribution in [-0.2, 0) is 6.18 Å².